The highest BCUT2D eigenvalue weighted by Gasteiger charge is 2.19. The summed E-state index contributed by atoms with van der Waals surface area (Å²) >= 11 is 0. The summed E-state index contributed by atoms with van der Waals surface area (Å²) in [6.45, 7) is 6.72. The molecular weight excluding hydrogens is 162 g/mol. The summed E-state index contributed by atoms with van der Waals surface area (Å²) in [5, 5.41) is 9.16. The molecule has 2 nitrogen and oxygen atoms in total. The first kappa shape index (κ1) is 10.7. The summed E-state index contributed by atoms with van der Waals surface area (Å²) in [4.78, 5) is 2.39. The number of aliphatic hydroxyl groups is 1. The maximum Gasteiger partial charge on any atom is 0.0586 e. The van der Waals surface area contributed by atoms with Gasteiger partial charge in [0.25, 0.3) is 0 Å². The first-order valence-electron chi connectivity index (χ1n) is 5.22. The minimum atomic E-state index is 0.316. The molecule has 0 radical (unpaired) electrons. The quantitative estimate of drug-likeness (QED) is 0.674. The lowest BCUT2D eigenvalue weighted by atomic mass is 10.0. The summed E-state index contributed by atoms with van der Waals surface area (Å²) in [6.07, 6.45) is 5.96. The zero-order valence-corrected chi connectivity index (χ0v) is 8.79. The van der Waals surface area contributed by atoms with E-state index in [0.29, 0.717) is 12.6 Å². The number of nitrogens with zero attached hydrogens (tertiary/aromatic N) is 1. The number of rotatable bonds is 3. The molecule has 1 aliphatic rings. The number of piperidine rings is 1. The fourth-order valence-corrected chi connectivity index (χ4v) is 1.81. The van der Waals surface area contributed by atoms with Gasteiger partial charge in [0.1, 0.15) is 0 Å². The van der Waals surface area contributed by atoms with Gasteiger partial charge in [-0.25, -0.2) is 0 Å². The van der Waals surface area contributed by atoms with Gasteiger partial charge in [0.2, 0.25) is 0 Å². The van der Waals surface area contributed by atoms with E-state index in [9.17, 15) is 0 Å². The van der Waals surface area contributed by atoms with Crippen LogP contribution in [0.5, 0.6) is 0 Å². The van der Waals surface area contributed by atoms with Gasteiger partial charge in [0.05, 0.1) is 6.61 Å². The van der Waals surface area contributed by atoms with Crippen LogP contribution in [0.4, 0.5) is 0 Å². The van der Waals surface area contributed by atoms with E-state index in [0.717, 1.165) is 19.5 Å². The first-order chi connectivity index (χ1) is 6.24. The summed E-state index contributed by atoms with van der Waals surface area (Å²) in [5.41, 5.74) is 1.36. The molecule has 2 heteroatoms. The van der Waals surface area contributed by atoms with Crippen LogP contribution in [0.1, 0.15) is 33.1 Å². The highest BCUT2D eigenvalue weighted by atomic mass is 16.3. The van der Waals surface area contributed by atoms with Crippen LogP contribution in [0.25, 0.3) is 0 Å². The van der Waals surface area contributed by atoms with Gasteiger partial charge in [-0.2, -0.15) is 0 Å². The molecule has 0 aliphatic carbocycles. The summed E-state index contributed by atoms with van der Waals surface area (Å²) in [5.74, 6) is 0. The van der Waals surface area contributed by atoms with Crippen LogP contribution < -0.4 is 0 Å². The molecule has 1 aliphatic heterocycles. The van der Waals surface area contributed by atoms with Crippen molar-refractivity contribution in [2.75, 3.05) is 19.7 Å². The normalized spacial score (nSPS) is 24.4. The monoisotopic (exact) mass is 183 g/mol. The molecule has 1 heterocycles. The van der Waals surface area contributed by atoms with E-state index in [-0.39, 0.29) is 0 Å². The van der Waals surface area contributed by atoms with E-state index in [1.165, 1.54) is 18.4 Å². The first-order valence-corrected chi connectivity index (χ1v) is 5.22. The molecule has 0 spiro atoms. The highest BCUT2D eigenvalue weighted by molar-refractivity contribution is 4.96. The Morgan fingerprint density at radius 3 is 2.85 bits per heavy atom. The fraction of sp³-hybridized carbons (Fsp3) is 0.818. The topological polar surface area (TPSA) is 23.5 Å². The molecule has 1 atom stereocenters. The Morgan fingerprint density at radius 2 is 2.23 bits per heavy atom. The highest BCUT2D eigenvalue weighted by Crippen LogP contribution is 2.16. The molecule has 0 saturated carbocycles. The molecule has 1 saturated heterocycles. The van der Waals surface area contributed by atoms with Gasteiger partial charge in [0.15, 0.2) is 0 Å². The average molecular weight is 183 g/mol. The molecule has 0 unspecified atom stereocenters. The lowest BCUT2D eigenvalue weighted by molar-refractivity contribution is 0.101. The van der Waals surface area contributed by atoms with Crippen molar-refractivity contribution in [3.05, 3.63) is 11.6 Å². The van der Waals surface area contributed by atoms with E-state index in [4.69, 9.17) is 5.11 Å². The van der Waals surface area contributed by atoms with Crippen molar-refractivity contribution in [1.82, 2.24) is 4.90 Å². The third kappa shape index (κ3) is 3.49. The minimum Gasteiger partial charge on any atom is -0.395 e. The van der Waals surface area contributed by atoms with E-state index in [1.807, 2.05) is 0 Å². The minimum absolute atomic E-state index is 0.316. The van der Waals surface area contributed by atoms with Crippen molar-refractivity contribution in [3.8, 4) is 0 Å². The van der Waals surface area contributed by atoms with Crippen molar-refractivity contribution in [2.45, 2.75) is 39.2 Å². The van der Waals surface area contributed by atoms with Gasteiger partial charge in [-0.05, 0) is 33.2 Å². The van der Waals surface area contributed by atoms with Crippen LogP contribution in [0.15, 0.2) is 11.6 Å². The van der Waals surface area contributed by atoms with Gasteiger partial charge in [0, 0.05) is 12.6 Å². The molecule has 13 heavy (non-hydrogen) atoms. The molecule has 1 N–H and O–H groups in total. The van der Waals surface area contributed by atoms with Crippen LogP contribution in [0.2, 0.25) is 0 Å². The molecule has 0 aromatic rings. The molecule has 0 aromatic carbocycles. The maximum absolute atomic E-state index is 9.16. The standard InChI is InChI=1S/C11H21NO/c1-10(2)6-8-12-7-4-3-5-11(12)9-13/h6,11,13H,3-5,7-9H2,1-2H3/t11-/m0/s1. The lowest BCUT2D eigenvalue weighted by Crippen LogP contribution is -2.41. The summed E-state index contributed by atoms with van der Waals surface area (Å²) in [7, 11) is 0. The number of aliphatic hydroxyl groups excluding tert-OH is 1. The Hall–Kier alpha value is -0.340. The Balaban J connectivity index is 2.40. The Morgan fingerprint density at radius 1 is 1.46 bits per heavy atom. The lowest BCUT2D eigenvalue weighted by Gasteiger charge is -2.33. The van der Waals surface area contributed by atoms with E-state index >= 15 is 0 Å². The largest absolute Gasteiger partial charge is 0.395 e. The maximum atomic E-state index is 9.16. The molecule has 0 bridgehead atoms. The predicted octanol–water partition coefficient (Wildman–Crippen LogP) is 1.80. The zero-order chi connectivity index (χ0) is 9.68. The van der Waals surface area contributed by atoms with E-state index in [2.05, 4.69) is 24.8 Å². The third-order valence-electron chi connectivity index (χ3n) is 2.69. The summed E-state index contributed by atoms with van der Waals surface area (Å²) < 4.78 is 0. The second kappa shape index (κ2) is 5.40. The number of hydrogen-bond donors (Lipinski definition) is 1. The van der Waals surface area contributed by atoms with Crippen LogP contribution in [-0.2, 0) is 0 Å². The third-order valence-corrected chi connectivity index (χ3v) is 2.69. The smallest absolute Gasteiger partial charge is 0.0586 e. The van der Waals surface area contributed by atoms with Crippen molar-refractivity contribution in [2.24, 2.45) is 0 Å². The molecule has 0 aromatic heterocycles. The Bertz CT molecular complexity index is 173. The van der Waals surface area contributed by atoms with E-state index in [1.54, 1.807) is 0 Å². The summed E-state index contributed by atoms with van der Waals surface area (Å²) in [6, 6.07) is 0.407. The zero-order valence-electron chi connectivity index (χ0n) is 8.79. The van der Waals surface area contributed by atoms with Crippen LogP contribution in [-0.4, -0.2) is 35.7 Å². The van der Waals surface area contributed by atoms with Crippen molar-refractivity contribution >= 4 is 0 Å². The number of allylic oxidation sites excluding steroid dienone is 1. The van der Waals surface area contributed by atoms with Crippen LogP contribution >= 0.6 is 0 Å². The fourth-order valence-electron chi connectivity index (χ4n) is 1.81. The van der Waals surface area contributed by atoms with Crippen molar-refractivity contribution < 1.29 is 5.11 Å². The molecule has 76 valence electrons. The van der Waals surface area contributed by atoms with Crippen LogP contribution in [0, 0.1) is 0 Å². The second-order valence-electron chi connectivity index (χ2n) is 4.11. The predicted molar refractivity (Wildman–Crippen MR) is 55.7 cm³/mol. The molecular formula is C11H21NO. The average Bonchev–Trinajstić information content (AvgIpc) is 2.15. The van der Waals surface area contributed by atoms with Gasteiger partial charge < -0.3 is 5.11 Å². The number of hydrogen-bond acceptors (Lipinski definition) is 2. The molecule has 1 rings (SSSR count). The van der Waals surface area contributed by atoms with Gasteiger partial charge in [-0.15, -0.1) is 0 Å². The molecule has 0 amide bonds. The number of likely N-dealkylation sites (tertiary alicyclic amines) is 1. The molecule has 1 fully saturated rings. The Kier molecular flexibility index (Phi) is 4.46. The SMILES string of the molecule is CC(C)=CCN1CCCC[C@H]1CO. The Labute approximate surface area is 81.2 Å². The van der Waals surface area contributed by atoms with Crippen LogP contribution in [0.3, 0.4) is 0 Å². The van der Waals surface area contributed by atoms with Gasteiger partial charge in [-0.3, -0.25) is 4.90 Å². The van der Waals surface area contributed by atoms with Gasteiger partial charge in [-0.1, -0.05) is 18.1 Å². The van der Waals surface area contributed by atoms with Crippen molar-refractivity contribution in [1.29, 1.82) is 0 Å². The van der Waals surface area contributed by atoms with Crippen molar-refractivity contribution in [3.63, 3.8) is 0 Å². The van der Waals surface area contributed by atoms with E-state index < -0.39 is 0 Å². The second-order valence-corrected chi connectivity index (χ2v) is 4.11. The van der Waals surface area contributed by atoms with Gasteiger partial charge >= 0.3 is 0 Å².